The molecule has 2 N–H and O–H groups in total. The fourth-order valence-corrected chi connectivity index (χ4v) is 4.63. The van der Waals surface area contributed by atoms with Crippen LogP contribution >= 0.6 is 11.6 Å². The molecule has 1 amide bonds. The molecule has 1 atom stereocenters. The molecule has 0 spiro atoms. The van der Waals surface area contributed by atoms with Gasteiger partial charge in [-0.05, 0) is 30.3 Å². The zero-order valence-electron chi connectivity index (χ0n) is 17.0. The number of hydrogen-bond donors (Lipinski definition) is 2. The van der Waals surface area contributed by atoms with Gasteiger partial charge in [-0.15, -0.1) is 0 Å². The number of carbonyl (C=O) groups is 1. The lowest BCUT2D eigenvalue weighted by molar-refractivity contribution is 0.0982. The maximum Gasteiger partial charge on any atom is 0.263 e. The number of aromatic nitrogens is 2. The topological polar surface area (TPSA) is 116 Å². The van der Waals surface area contributed by atoms with Gasteiger partial charge in [0.25, 0.3) is 5.91 Å². The summed E-state index contributed by atoms with van der Waals surface area (Å²) in [5.74, 6) is -0.173. The van der Waals surface area contributed by atoms with Crippen molar-refractivity contribution >= 4 is 27.4 Å². The van der Waals surface area contributed by atoms with Crippen LogP contribution in [0.5, 0.6) is 17.2 Å². The van der Waals surface area contributed by atoms with Crippen LogP contribution in [0.1, 0.15) is 15.9 Å². The van der Waals surface area contributed by atoms with Crippen LogP contribution in [0.2, 0.25) is 5.02 Å². The van der Waals surface area contributed by atoms with E-state index >= 15 is 0 Å². The highest BCUT2D eigenvalue weighted by molar-refractivity contribution is 7.91. The molecule has 3 rings (SSSR count). The summed E-state index contributed by atoms with van der Waals surface area (Å²) in [6.45, 7) is 0.449. The van der Waals surface area contributed by atoms with Gasteiger partial charge in [0.2, 0.25) is 0 Å². The van der Waals surface area contributed by atoms with E-state index in [9.17, 15) is 9.00 Å². The van der Waals surface area contributed by atoms with Crippen molar-refractivity contribution in [2.24, 2.45) is 0 Å². The molecule has 1 unspecified atom stereocenters. The second-order valence-electron chi connectivity index (χ2n) is 6.33. The zero-order chi connectivity index (χ0) is 22.6. The average Bonchev–Trinajstić information content (AvgIpc) is 3.26. The first-order chi connectivity index (χ1) is 14.8. The summed E-state index contributed by atoms with van der Waals surface area (Å²) in [6.07, 6.45) is 3.47. The van der Waals surface area contributed by atoms with Gasteiger partial charge in [0.15, 0.2) is 20.6 Å². The van der Waals surface area contributed by atoms with Gasteiger partial charge >= 0.3 is 0 Å². The van der Waals surface area contributed by atoms with Gasteiger partial charge in [0.1, 0.15) is 11.5 Å². The number of methoxy groups -OCH3 is 3. The first kappa shape index (κ1) is 22.4. The largest absolute Gasteiger partial charge is 0.496 e. The van der Waals surface area contributed by atoms with E-state index < -0.39 is 15.8 Å². The number of nitrogens with zero attached hydrogens (tertiary/aromatic N) is 2. The Kier molecular flexibility index (Phi) is 6.71. The second kappa shape index (κ2) is 9.27. The molecule has 0 saturated carbocycles. The van der Waals surface area contributed by atoms with E-state index in [2.05, 4.69) is 9.82 Å². The van der Waals surface area contributed by atoms with Gasteiger partial charge in [-0.2, -0.15) is 5.10 Å². The van der Waals surface area contributed by atoms with Crippen LogP contribution < -0.4 is 18.9 Å². The molecular weight excluding hydrogens is 444 g/mol. The van der Waals surface area contributed by atoms with Crippen molar-refractivity contribution in [3.05, 3.63) is 64.9 Å². The predicted octanol–water partition coefficient (Wildman–Crippen LogP) is 3.36. The molecule has 3 aromatic rings. The third-order valence-electron chi connectivity index (χ3n) is 4.42. The monoisotopic (exact) mass is 464 g/mol. The number of ether oxygens (including phenoxy) is 3. The summed E-state index contributed by atoms with van der Waals surface area (Å²) in [5.41, 5.74) is 0.966. The molecular formula is C20H21ClN4O5S. The third kappa shape index (κ3) is 4.75. The van der Waals surface area contributed by atoms with Crippen molar-refractivity contribution < 1.29 is 23.2 Å². The second-order valence-corrected chi connectivity index (χ2v) is 8.46. The minimum absolute atomic E-state index is 0.00605. The van der Waals surface area contributed by atoms with Crippen molar-refractivity contribution in [2.75, 3.05) is 21.3 Å². The highest BCUT2D eigenvalue weighted by atomic mass is 35.5. The Balaban J connectivity index is 1.92. The summed E-state index contributed by atoms with van der Waals surface area (Å²) in [5, 5.41) is 4.29. The van der Waals surface area contributed by atoms with Crippen molar-refractivity contribution in [3.63, 3.8) is 0 Å². The molecule has 0 fully saturated rings. The molecule has 0 radical (unpaired) electrons. The smallest absolute Gasteiger partial charge is 0.263 e. The normalized spacial score (nSPS) is 12.6. The fraction of sp³-hybridized carbons (Fsp3) is 0.200. The minimum Gasteiger partial charge on any atom is -0.496 e. The van der Waals surface area contributed by atoms with Crippen molar-refractivity contribution in [3.8, 4) is 17.2 Å². The SMILES string of the molecule is COc1cc(C(=O)NS(=N)(=O)c2c(OC)ccc(Cl)c2OC)ccc1Cn1cccn1. The van der Waals surface area contributed by atoms with Crippen LogP contribution in [0.4, 0.5) is 0 Å². The van der Waals surface area contributed by atoms with Gasteiger partial charge in [0, 0.05) is 23.5 Å². The van der Waals surface area contributed by atoms with Crippen LogP contribution in [0, 0.1) is 4.78 Å². The Bertz CT molecular complexity index is 1200. The maximum absolute atomic E-state index is 13.2. The Morgan fingerprint density at radius 2 is 1.90 bits per heavy atom. The summed E-state index contributed by atoms with van der Waals surface area (Å²) in [7, 11) is 0.288. The first-order valence-corrected chi connectivity index (χ1v) is 10.9. The van der Waals surface area contributed by atoms with Crippen LogP contribution in [0.15, 0.2) is 53.7 Å². The highest BCUT2D eigenvalue weighted by Crippen LogP contribution is 2.39. The number of rotatable bonds is 8. The van der Waals surface area contributed by atoms with Crippen molar-refractivity contribution in [1.82, 2.24) is 14.5 Å². The van der Waals surface area contributed by atoms with Gasteiger partial charge in [-0.3, -0.25) is 14.2 Å². The van der Waals surface area contributed by atoms with Crippen LogP contribution in [-0.2, 0) is 16.5 Å². The molecule has 9 nitrogen and oxygen atoms in total. The Labute approximate surface area is 185 Å². The van der Waals surface area contributed by atoms with Gasteiger partial charge in [-0.1, -0.05) is 17.7 Å². The lowest BCUT2D eigenvalue weighted by Gasteiger charge is -2.17. The van der Waals surface area contributed by atoms with Crippen molar-refractivity contribution in [2.45, 2.75) is 11.4 Å². The zero-order valence-corrected chi connectivity index (χ0v) is 18.6. The van der Waals surface area contributed by atoms with E-state index in [0.29, 0.717) is 12.3 Å². The predicted molar refractivity (Wildman–Crippen MR) is 115 cm³/mol. The summed E-state index contributed by atoms with van der Waals surface area (Å²) in [4.78, 5) is 12.7. The van der Waals surface area contributed by atoms with Gasteiger partial charge < -0.3 is 14.2 Å². The average molecular weight is 465 g/mol. The number of halogens is 1. The maximum atomic E-state index is 13.2. The molecule has 11 heteroatoms. The van der Waals surface area contributed by atoms with Crippen LogP contribution in [0.3, 0.4) is 0 Å². The number of carbonyl (C=O) groups excluding carboxylic acids is 1. The Hall–Kier alpha value is -3.24. The molecule has 1 heterocycles. The van der Waals surface area contributed by atoms with E-state index in [1.54, 1.807) is 35.3 Å². The Morgan fingerprint density at radius 3 is 2.52 bits per heavy atom. The first-order valence-electron chi connectivity index (χ1n) is 8.96. The molecule has 164 valence electrons. The lowest BCUT2D eigenvalue weighted by Crippen LogP contribution is -2.30. The highest BCUT2D eigenvalue weighted by Gasteiger charge is 2.26. The standard InChI is InChI=1S/C20H21ClN4O5S/c1-28-16-8-7-15(21)18(30-3)19(16)31(22,27)24-20(26)13-5-6-14(17(11-13)29-2)12-25-10-4-9-23-25/h4-11H,12H2,1-3H3,(H2,22,24,26,27). The summed E-state index contributed by atoms with van der Waals surface area (Å²) in [6, 6.07) is 9.52. The van der Waals surface area contributed by atoms with E-state index in [-0.39, 0.29) is 27.0 Å². The molecule has 0 bridgehead atoms. The number of nitrogens with one attached hydrogen (secondary N) is 2. The van der Waals surface area contributed by atoms with Crippen LogP contribution in [-0.4, -0.2) is 41.2 Å². The molecule has 0 saturated heterocycles. The number of hydrogen-bond acceptors (Lipinski definition) is 7. The van der Waals surface area contributed by atoms with Crippen molar-refractivity contribution in [1.29, 1.82) is 4.78 Å². The molecule has 0 aliphatic heterocycles. The lowest BCUT2D eigenvalue weighted by atomic mass is 10.1. The number of benzene rings is 2. The molecule has 31 heavy (non-hydrogen) atoms. The fourth-order valence-electron chi connectivity index (χ4n) is 2.97. The minimum atomic E-state index is -3.88. The van der Waals surface area contributed by atoms with E-state index in [4.69, 9.17) is 30.6 Å². The van der Waals surface area contributed by atoms with E-state index in [0.717, 1.165) is 5.56 Å². The third-order valence-corrected chi connectivity index (χ3v) is 6.15. The summed E-state index contributed by atoms with van der Waals surface area (Å²) < 4.78 is 41.3. The quantitative estimate of drug-likeness (QED) is 0.528. The van der Waals surface area contributed by atoms with Gasteiger partial charge in [-0.25, -0.2) is 8.99 Å². The summed E-state index contributed by atoms with van der Waals surface area (Å²) >= 11 is 6.11. The van der Waals surface area contributed by atoms with E-state index in [1.807, 2.05) is 0 Å². The number of amides is 1. The Morgan fingerprint density at radius 1 is 1.16 bits per heavy atom. The molecule has 0 aliphatic carbocycles. The molecule has 2 aromatic carbocycles. The van der Waals surface area contributed by atoms with Gasteiger partial charge in [0.05, 0.1) is 32.9 Å². The molecule has 0 aliphatic rings. The van der Waals surface area contributed by atoms with E-state index in [1.165, 1.54) is 39.5 Å². The van der Waals surface area contributed by atoms with Crippen LogP contribution in [0.25, 0.3) is 0 Å². The molecule has 1 aromatic heterocycles.